The van der Waals surface area contributed by atoms with Gasteiger partial charge in [-0.3, -0.25) is 4.79 Å². The lowest BCUT2D eigenvalue weighted by Crippen LogP contribution is -2.31. The third kappa shape index (κ3) is 4.31. The number of rotatable bonds is 5. The predicted octanol–water partition coefficient (Wildman–Crippen LogP) is 3.87. The van der Waals surface area contributed by atoms with Crippen LogP contribution >= 0.6 is 11.6 Å². The van der Waals surface area contributed by atoms with E-state index < -0.39 is 23.4 Å². The molecule has 1 unspecified atom stereocenters. The van der Waals surface area contributed by atoms with Crippen LogP contribution in [0.1, 0.15) is 28.4 Å². The lowest BCUT2D eigenvalue weighted by atomic mass is 9.81. The highest BCUT2D eigenvalue weighted by Crippen LogP contribution is 2.33. The second-order valence-electron chi connectivity index (χ2n) is 6.88. The quantitative estimate of drug-likeness (QED) is 0.652. The Morgan fingerprint density at radius 3 is 2.47 bits per heavy atom. The lowest BCUT2D eigenvalue weighted by Gasteiger charge is -2.24. The number of nitrogens with zero attached hydrogens (tertiary/aromatic N) is 4. The number of nitriles is 1. The molecule has 1 atom stereocenters. The van der Waals surface area contributed by atoms with Gasteiger partial charge in [0, 0.05) is 10.6 Å². The van der Waals surface area contributed by atoms with Crippen LogP contribution < -0.4 is 10.5 Å². The van der Waals surface area contributed by atoms with E-state index in [1.54, 1.807) is 19.1 Å². The molecule has 0 aliphatic heterocycles. The van der Waals surface area contributed by atoms with Crippen LogP contribution in [0.15, 0.2) is 30.3 Å². The standard InChI is InChI=1S/C19H15ClF3N5O2/c1-10-5-15-16(7-14(10)20)27-28(26-15)9-18(2,8-24)13-6-11(30-19(21,22)23)3-4-12(13)17(25)29/h3-7H,9H2,1-2H3,(H2,25,29). The highest BCUT2D eigenvalue weighted by atomic mass is 35.5. The predicted molar refractivity (Wildman–Crippen MR) is 102 cm³/mol. The van der Waals surface area contributed by atoms with Crippen molar-refractivity contribution in [2.75, 3.05) is 0 Å². The van der Waals surface area contributed by atoms with E-state index in [1.165, 1.54) is 11.7 Å². The van der Waals surface area contributed by atoms with Crippen LogP contribution in [0.5, 0.6) is 5.75 Å². The van der Waals surface area contributed by atoms with Gasteiger partial charge >= 0.3 is 6.36 Å². The van der Waals surface area contributed by atoms with Crippen molar-refractivity contribution in [1.29, 1.82) is 5.26 Å². The largest absolute Gasteiger partial charge is 0.573 e. The van der Waals surface area contributed by atoms with E-state index in [2.05, 4.69) is 14.9 Å². The Bertz CT molecular complexity index is 1150. The molecule has 0 saturated heterocycles. The average Bonchev–Trinajstić information content (AvgIpc) is 3.01. The highest BCUT2D eigenvalue weighted by Gasteiger charge is 2.35. The Morgan fingerprint density at radius 2 is 1.90 bits per heavy atom. The number of amides is 1. The molecule has 3 rings (SSSR count). The first-order chi connectivity index (χ1) is 13.9. The number of carbonyl (C=O) groups is 1. The smallest absolute Gasteiger partial charge is 0.406 e. The topological polar surface area (TPSA) is 107 Å². The minimum Gasteiger partial charge on any atom is -0.406 e. The number of hydrogen-bond acceptors (Lipinski definition) is 5. The number of halogens is 4. The van der Waals surface area contributed by atoms with Crippen molar-refractivity contribution in [1.82, 2.24) is 15.0 Å². The second kappa shape index (κ2) is 7.50. The molecule has 0 spiro atoms. The molecule has 0 aliphatic carbocycles. The van der Waals surface area contributed by atoms with Crippen LogP contribution in [0.25, 0.3) is 11.0 Å². The minimum absolute atomic E-state index is 0.0326. The van der Waals surface area contributed by atoms with Gasteiger partial charge in [0.15, 0.2) is 0 Å². The Labute approximate surface area is 173 Å². The molecular weight excluding hydrogens is 423 g/mol. The van der Waals surface area contributed by atoms with Crippen molar-refractivity contribution < 1.29 is 22.7 Å². The molecular formula is C19H15ClF3N5O2. The first-order valence-electron chi connectivity index (χ1n) is 8.54. The molecule has 2 aromatic carbocycles. The zero-order valence-electron chi connectivity index (χ0n) is 15.8. The van der Waals surface area contributed by atoms with Crippen LogP contribution in [-0.2, 0) is 12.0 Å². The fourth-order valence-electron chi connectivity index (χ4n) is 3.01. The molecule has 0 aliphatic rings. The molecule has 156 valence electrons. The zero-order valence-corrected chi connectivity index (χ0v) is 16.5. The minimum atomic E-state index is -4.94. The molecule has 11 heteroatoms. The second-order valence-corrected chi connectivity index (χ2v) is 7.29. The van der Waals surface area contributed by atoms with E-state index in [-0.39, 0.29) is 17.7 Å². The third-order valence-electron chi connectivity index (χ3n) is 4.49. The SMILES string of the molecule is Cc1cc2nn(CC(C)(C#N)c3cc(OC(F)(F)F)ccc3C(N)=O)nc2cc1Cl. The van der Waals surface area contributed by atoms with Crippen LogP contribution in [0, 0.1) is 18.3 Å². The van der Waals surface area contributed by atoms with Gasteiger partial charge in [0.05, 0.1) is 12.6 Å². The van der Waals surface area contributed by atoms with Gasteiger partial charge in [-0.1, -0.05) is 11.6 Å². The van der Waals surface area contributed by atoms with E-state index in [4.69, 9.17) is 17.3 Å². The Morgan fingerprint density at radius 1 is 1.27 bits per heavy atom. The van der Waals surface area contributed by atoms with Crippen LogP contribution in [-0.4, -0.2) is 27.3 Å². The molecule has 1 amide bonds. The van der Waals surface area contributed by atoms with Gasteiger partial charge in [-0.15, -0.1) is 13.2 Å². The first kappa shape index (κ1) is 21.4. The molecule has 0 saturated carbocycles. The molecule has 30 heavy (non-hydrogen) atoms. The summed E-state index contributed by atoms with van der Waals surface area (Å²) in [6, 6.07) is 8.38. The Kier molecular flexibility index (Phi) is 5.34. The molecule has 0 fully saturated rings. The summed E-state index contributed by atoms with van der Waals surface area (Å²) >= 11 is 6.09. The summed E-state index contributed by atoms with van der Waals surface area (Å²) in [5.74, 6) is -1.48. The summed E-state index contributed by atoms with van der Waals surface area (Å²) in [5.41, 5.74) is 5.53. The monoisotopic (exact) mass is 437 g/mol. The molecule has 0 radical (unpaired) electrons. The number of hydrogen-bond donors (Lipinski definition) is 1. The van der Waals surface area contributed by atoms with E-state index >= 15 is 0 Å². The van der Waals surface area contributed by atoms with Crippen molar-refractivity contribution in [2.45, 2.75) is 32.2 Å². The van der Waals surface area contributed by atoms with Crippen LogP contribution in [0.3, 0.4) is 0 Å². The molecule has 0 bridgehead atoms. The van der Waals surface area contributed by atoms with E-state index in [1.807, 2.05) is 6.07 Å². The maximum absolute atomic E-state index is 12.6. The van der Waals surface area contributed by atoms with Crippen LogP contribution in [0.2, 0.25) is 5.02 Å². The number of alkyl halides is 3. The molecule has 2 N–H and O–H groups in total. The van der Waals surface area contributed by atoms with E-state index in [9.17, 15) is 23.2 Å². The fraction of sp³-hybridized carbons (Fsp3) is 0.263. The van der Waals surface area contributed by atoms with Crippen molar-refractivity contribution in [3.8, 4) is 11.8 Å². The number of fused-ring (bicyclic) bond motifs is 1. The molecule has 7 nitrogen and oxygen atoms in total. The van der Waals surface area contributed by atoms with Gasteiger partial charge in [-0.2, -0.15) is 20.3 Å². The van der Waals surface area contributed by atoms with E-state index in [0.29, 0.717) is 16.1 Å². The average molecular weight is 438 g/mol. The Balaban J connectivity index is 2.07. The third-order valence-corrected chi connectivity index (χ3v) is 4.90. The summed E-state index contributed by atoms with van der Waals surface area (Å²) < 4.78 is 41.8. The summed E-state index contributed by atoms with van der Waals surface area (Å²) in [4.78, 5) is 13.1. The summed E-state index contributed by atoms with van der Waals surface area (Å²) in [7, 11) is 0. The number of primary amides is 1. The van der Waals surface area contributed by atoms with Crippen LogP contribution in [0.4, 0.5) is 13.2 Å². The summed E-state index contributed by atoms with van der Waals surface area (Å²) in [6.07, 6.45) is -4.94. The number of benzene rings is 2. The Hall–Kier alpha value is -3.32. The van der Waals surface area contributed by atoms with Crippen molar-refractivity contribution in [3.05, 3.63) is 52.0 Å². The van der Waals surface area contributed by atoms with E-state index in [0.717, 1.165) is 23.8 Å². The van der Waals surface area contributed by atoms with Gasteiger partial charge in [-0.25, -0.2) is 0 Å². The summed E-state index contributed by atoms with van der Waals surface area (Å²) in [6.45, 7) is 3.08. The van der Waals surface area contributed by atoms with Crippen molar-refractivity contribution >= 4 is 28.5 Å². The van der Waals surface area contributed by atoms with Gasteiger partial charge < -0.3 is 10.5 Å². The highest BCUT2D eigenvalue weighted by molar-refractivity contribution is 6.32. The number of nitrogens with two attached hydrogens (primary N) is 1. The van der Waals surface area contributed by atoms with Gasteiger partial charge in [-0.05, 0) is 55.3 Å². The van der Waals surface area contributed by atoms with Gasteiger partial charge in [0.25, 0.3) is 0 Å². The molecule has 3 aromatic rings. The molecule has 1 aromatic heterocycles. The zero-order chi connectivity index (χ0) is 22.3. The van der Waals surface area contributed by atoms with Crippen molar-refractivity contribution in [2.24, 2.45) is 5.73 Å². The normalized spacial score (nSPS) is 13.6. The number of carbonyl (C=O) groups excluding carboxylic acids is 1. The number of ether oxygens (including phenoxy) is 1. The maximum atomic E-state index is 12.6. The first-order valence-corrected chi connectivity index (χ1v) is 8.92. The fourth-order valence-corrected chi connectivity index (χ4v) is 3.17. The molecule has 1 heterocycles. The number of aryl methyl sites for hydroxylation is 1. The number of aromatic nitrogens is 3. The van der Waals surface area contributed by atoms with Crippen molar-refractivity contribution in [3.63, 3.8) is 0 Å². The maximum Gasteiger partial charge on any atom is 0.573 e. The van der Waals surface area contributed by atoms with Gasteiger partial charge in [0.1, 0.15) is 22.2 Å². The van der Waals surface area contributed by atoms with Gasteiger partial charge in [0.2, 0.25) is 5.91 Å². The summed E-state index contributed by atoms with van der Waals surface area (Å²) in [5, 5.41) is 18.9. The lowest BCUT2D eigenvalue weighted by molar-refractivity contribution is -0.274.